The van der Waals surface area contributed by atoms with Gasteiger partial charge in [-0.1, -0.05) is 18.0 Å². The van der Waals surface area contributed by atoms with Crippen LogP contribution < -0.4 is 4.72 Å². The average molecular weight is 427 g/mol. The third-order valence-electron chi connectivity index (χ3n) is 4.97. The van der Waals surface area contributed by atoms with E-state index in [9.17, 15) is 13.2 Å². The molecule has 0 radical (unpaired) electrons. The summed E-state index contributed by atoms with van der Waals surface area (Å²) in [7, 11) is -3.60. The first-order chi connectivity index (χ1) is 13.4. The Morgan fingerprint density at radius 3 is 2.71 bits per heavy atom. The van der Waals surface area contributed by atoms with E-state index in [4.69, 9.17) is 9.26 Å². The number of aryl methyl sites for hydroxylation is 1. The number of nitrogens with zero attached hydrogens (tertiary/aromatic N) is 3. The number of carbonyl (C=O) groups excluding carboxylic acids is 1. The summed E-state index contributed by atoms with van der Waals surface area (Å²) in [5.41, 5.74) is 0. The van der Waals surface area contributed by atoms with E-state index in [0.29, 0.717) is 36.1 Å². The summed E-state index contributed by atoms with van der Waals surface area (Å²) in [4.78, 5) is 19.6. The Labute approximate surface area is 167 Å². The Bertz CT molecular complexity index is 956. The average Bonchev–Trinajstić information content (AvgIpc) is 3.42. The zero-order chi connectivity index (χ0) is 19.7. The smallest absolute Gasteiger partial charge is 0.316 e. The number of ether oxygens (including phenoxy) is 1. The van der Waals surface area contributed by atoms with E-state index in [2.05, 4.69) is 14.9 Å². The van der Waals surface area contributed by atoms with Crippen molar-refractivity contribution in [2.45, 2.75) is 43.5 Å². The summed E-state index contributed by atoms with van der Waals surface area (Å²) in [5.74, 6) is -0.227. The van der Waals surface area contributed by atoms with Crippen molar-refractivity contribution in [2.24, 2.45) is 0 Å². The number of carbonyl (C=O) groups is 1. The molecule has 2 aromatic heterocycles. The van der Waals surface area contributed by atoms with E-state index in [0.717, 1.165) is 25.7 Å². The Hall–Kier alpha value is -1.82. The lowest BCUT2D eigenvalue weighted by atomic mass is 10.3. The normalized spacial score (nSPS) is 18.7. The summed E-state index contributed by atoms with van der Waals surface area (Å²) >= 11 is 1.26. The minimum absolute atomic E-state index is 0.00401. The van der Waals surface area contributed by atoms with Crippen molar-refractivity contribution in [2.75, 3.05) is 26.3 Å². The van der Waals surface area contributed by atoms with Gasteiger partial charge in [-0.25, -0.2) is 13.1 Å². The number of nitrogens with one attached hydrogen (secondary N) is 1. The molecule has 9 nitrogen and oxygen atoms in total. The molecule has 4 rings (SSSR count). The topological polar surface area (TPSA) is 115 Å². The molecule has 0 bridgehead atoms. The van der Waals surface area contributed by atoms with Crippen molar-refractivity contribution >= 4 is 27.3 Å². The summed E-state index contributed by atoms with van der Waals surface area (Å²) in [6, 6.07) is 1.54. The molecule has 1 saturated carbocycles. The number of sulfonamides is 1. The van der Waals surface area contributed by atoms with E-state index < -0.39 is 10.0 Å². The summed E-state index contributed by atoms with van der Waals surface area (Å²) in [5, 5.41) is 3.87. The third kappa shape index (κ3) is 3.97. The first kappa shape index (κ1) is 19.5. The molecule has 0 spiro atoms. The van der Waals surface area contributed by atoms with Gasteiger partial charge in [-0.05, 0) is 25.8 Å². The van der Waals surface area contributed by atoms with Crippen LogP contribution >= 0.6 is 11.3 Å². The van der Waals surface area contributed by atoms with Gasteiger partial charge in [0.2, 0.25) is 15.8 Å². The van der Waals surface area contributed by atoms with E-state index in [1.165, 1.54) is 11.3 Å². The molecule has 0 atom stereocenters. The lowest BCUT2D eigenvalue weighted by Gasteiger charge is -2.25. The monoisotopic (exact) mass is 426 g/mol. The van der Waals surface area contributed by atoms with Crippen LogP contribution in [0.5, 0.6) is 0 Å². The predicted molar refractivity (Wildman–Crippen MR) is 102 cm³/mol. The molecule has 1 aliphatic heterocycles. The molecular formula is C17H22N4O5S2. The molecule has 0 unspecified atom stereocenters. The number of hydrogen-bond donors (Lipinski definition) is 1. The number of thiophene rings is 1. The highest BCUT2D eigenvalue weighted by atomic mass is 32.2. The van der Waals surface area contributed by atoms with Crippen molar-refractivity contribution in [1.29, 1.82) is 0 Å². The van der Waals surface area contributed by atoms with Gasteiger partial charge in [-0.3, -0.25) is 4.79 Å². The van der Waals surface area contributed by atoms with Gasteiger partial charge in [0.1, 0.15) is 0 Å². The fraction of sp³-hybridized carbons (Fsp3) is 0.588. The molecule has 1 saturated heterocycles. The second-order valence-corrected chi connectivity index (χ2v) is 9.90. The zero-order valence-corrected chi connectivity index (χ0v) is 17.1. The Kier molecular flexibility index (Phi) is 5.50. The van der Waals surface area contributed by atoms with Crippen LogP contribution in [0.2, 0.25) is 0 Å². The van der Waals surface area contributed by atoms with Crippen LogP contribution in [-0.4, -0.2) is 61.7 Å². The number of rotatable bonds is 5. The van der Waals surface area contributed by atoms with Gasteiger partial charge in [0.15, 0.2) is 0 Å². The Morgan fingerprint density at radius 1 is 1.29 bits per heavy atom. The Balaban J connectivity index is 1.53. The summed E-state index contributed by atoms with van der Waals surface area (Å²) < 4.78 is 38.6. The molecule has 1 N–H and O–H groups in total. The minimum atomic E-state index is -3.60. The maximum atomic E-state index is 12.7. The van der Waals surface area contributed by atoms with Crippen LogP contribution in [0.25, 0.3) is 10.7 Å². The second kappa shape index (κ2) is 7.90. The van der Waals surface area contributed by atoms with Gasteiger partial charge in [0.25, 0.3) is 0 Å². The van der Waals surface area contributed by atoms with Crippen LogP contribution in [0, 0.1) is 6.92 Å². The number of morpholine rings is 1. The molecule has 2 fully saturated rings. The van der Waals surface area contributed by atoms with Crippen molar-refractivity contribution in [3.05, 3.63) is 16.8 Å². The fourth-order valence-electron chi connectivity index (χ4n) is 3.48. The van der Waals surface area contributed by atoms with Crippen molar-refractivity contribution in [1.82, 2.24) is 19.8 Å². The summed E-state index contributed by atoms with van der Waals surface area (Å²) in [6.07, 6.45) is 3.83. The molecule has 152 valence electrons. The highest BCUT2D eigenvalue weighted by Crippen LogP contribution is 2.33. The van der Waals surface area contributed by atoms with Crippen LogP contribution in [0.1, 0.15) is 41.2 Å². The van der Waals surface area contributed by atoms with Crippen molar-refractivity contribution in [3.8, 4) is 10.7 Å². The third-order valence-corrected chi connectivity index (χ3v) is 7.79. The number of hydrogen-bond acceptors (Lipinski definition) is 8. The lowest BCUT2D eigenvalue weighted by Crippen LogP contribution is -2.40. The molecule has 2 aromatic rings. The van der Waals surface area contributed by atoms with Crippen LogP contribution in [-0.2, 0) is 14.8 Å². The molecule has 0 aromatic carbocycles. The SMILES string of the molecule is Cc1sc(-c2noc(C(=O)N3CCOCC3)n2)cc1S(=O)(=O)NC1CCCC1. The van der Waals surface area contributed by atoms with Gasteiger partial charge in [-0.15, -0.1) is 11.3 Å². The number of aromatic nitrogens is 2. The van der Waals surface area contributed by atoms with Gasteiger partial charge in [0.05, 0.1) is 23.0 Å². The van der Waals surface area contributed by atoms with Gasteiger partial charge >= 0.3 is 11.8 Å². The van der Waals surface area contributed by atoms with Crippen molar-refractivity contribution in [3.63, 3.8) is 0 Å². The fourth-order valence-corrected chi connectivity index (χ4v) is 6.30. The van der Waals surface area contributed by atoms with Crippen molar-refractivity contribution < 1.29 is 22.5 Å². The van der Waals surface area contributed by atoms with E-state index in [1.807, 2.05) is 0 Å². The van der Waals surface area contributed by atoms with E-state index in [-0.39, 0.29) is 28.6 Å². The molecule has 1 amide bonds. The maximum Gasteiger partial charge on any atom is 0.316 e. The van der Waals surface area contributed by atoms with Crippen LogP contribution in [0.3, 0.4) is 0 Å². The predicted octanol–water partition coefficient (Wildman–Crippen LogP) is 1.80. The quantitative estimate of drug-likeness (QED) is 0.775. The lowest BCUT2D eigenvalue weighted by molar-refractivity contribution is 0.0272. The van der Waals surface area contributed by atoms with Gasteiger partial charge in [0, 0.05) is 24.0 Å². The molecule has 1 aliphatic carbocycles. The highest BCUT2D eigenvalue weighted by molar-refractivity contribution is 7.89. The first-order valence-electron chi connectivity index (χ1n) is 9.28. The molecule has 2 aliphatic rings. The maximum absolute atomic E-state index is 12.7. The molecule has 28 heavy (non-hydrogen) atoms. The minimum Gasteiger partial charge on any atom is -0.378 e. The largest absolute Gasteiger partial charge is 0.378 e. The first-order valence-corrected chi connectivity index (χ1v) is 11.6. The zero-order valence-electron chi connectivity index (χ0n) is 15.5. The standard InChI is InChI=1S/C17H22N4O5S2/c1-11-14(28(23,24)20-12-4-2-3-5-12)10-13(27-11)15-18-16(26-19-15)17(22)21-6-8-25-9-7-21/h10,12,20H,2-9H2,1H3. The second-order valence-electron chi connectivity index (χ2n) is 6.96. The molecule has 3 heterocycles. The highest BCUT2D eigenvalue weighted by Gasteiger charge is 2.28. The van der Waals surface area contributed by atoms with E-state index >= 15 is 0 Å². The molecular weight excluding hydrogens is 404 g/mol. The van der Waals surface area contributed by atoms with Gasteiger partial charge in [-0.2, -0.15) is 4.98 Å². The van der Waals surface area contributed by atoms with E-state index in [1.54, 1.807) is 17.9 Å². The summed E-state index contributed by atoms with van der Waals surface area (Å²) in [6.45, 7) is 3.66. The number of amides is 1. The van der Waals surface area contributed by atoms with Gasteiger partial charge < -0.3 is 14.2 Å². The van der Waals surface area contributed by atoms with Crippen LogP contribution in [0.15, 0.2) is 15.5 Å². The Morgan fingerprint density at radius 2 is 2.00 bits per heavy atom. The molecule has 11 heteroatoms. The van der Waals surface area contributed by atoms with Crippen LogP contribution in [0.4, 0.5) is 0 Å².